The monoisotopic (exact) mass is 430 g/mol. The van der Waals surface area contributed by atoms with Gasteiger partial charge in [0, 0.05) is 47.7 Å². The quantitative estimate of drug-likeness (QED) is 0.453. The summed E-state index contributed by atoms with van der Waals surface area (Å²) < 4.78 is 0. The molecule has 1 aliphatic heterocycles. The van der Waals surface area contributed by atoms with Gasteiger partial charge in [0.25, 0.3) is 0 Å². The van der Waals surface area contributed by atoms with Crippen LogP contribution in [-0.4, -0.2) is 28.3 Å². The van der Waals surface area contributed by atoms with Crippen molar-refractivity contribution in [3.8, 4) is 0 Å². The van der Waals surface area contributed by atoms with Gasteiger partial charge in [0.1, 0.15) is 0 Å². The number of hydrogen-bond acceptors (Lipinski definition) is 5. The Morgan fingerprint density at radius 1 is 1.13 bits per heavy atom. The van der Waals surface area contributed by atoms with Gasteiger partial charge in [-0.25, -0.2) is 9.97 Å². The van der Waals surface area contributed by atoms with E-state index >= 15 is 0 Å². The van der Waals surface area contributed by atoms with Crippen LogP contribution in [0.2, 0.25) is 0 Å². The fraction of sp³-hybridized carbons (Fsp3) is 0.167. The highest BCUT2D eigenvalue weighted by molar-refractivity contribution is 7.99. The first kappa shape index (κ1) is 20.8. The maximum atomic E-state index is 12.4. The second kappa shape index (κ2) is 9.57. The molecule has 1 fully saturated rings. The molecule has 7 heteroatoms. The zero-order valence-electron chi connectivity index (χ0n) is 17.1. The van der Waals surface area contributed by atoms with E-state index in [0.29, 0.717) is 11.6 Å². The predicted octanol–water partition coefficient (Wildman–Crippen LogP) is 4.71. The van der Waals surface area contributed by atoms with Crippen LogP contribution in [0.4, 0.5) is 11.4 Å². The van der Waals surface area contributed by atoms with Crippen molar-refractivity contribution >= 4 is 41.0 Å². The Morgan fingerprint density at radius 3 is 2.58 bits per heavy atom. The van der Waals surface area contributed by atoms with Gasteiger partial charge >= 0.3 is 0 Å². The summed E-state index contributed by atoms with van der Waals surface area (Å²) >= 11 is 1.47. The van der Waals surface area contributed by atoms with E-state index in [1.54, 1.807) is 29.4 Å². The number of amides is 2. The minimum Gasteiger partial charge on any atom is -0.322 e. The highest BCUT2D eigenvalue weighted by atomic mass is 32.2. The predicted molar refractivity (Wildman–Crippen MR) is 123 cm³/mol. The molecule has 1 aromatic heterocycles. The molecule has 0 unspecified atom stereocenters. The maximum absolute atomic E-state index is 12.4. The number of rotatable bonds is 6. The van der Waals surface area contributed by atoms with E-state index in [0.717, 1.165) is 40.4 Å². The van der Waals surface area contributed by atoms with Crippen LogP contribution in [0.15, 0.2) is 77.1 Å². The largest absolute Gasteiger partial charge is 0.322 e. The average Bonchev–Trinajstić information content (AvgIpc) is 3.21. The zero-order chi connectivity index (χ0) is 21.6. The number of carbonyl (C=O) groups excluding carboxylic acids is 2. The average molecular weight is 431 g/mol. The lowest BCUT2D eigenvalue weighted by Gasteiger charge is -2.15. The van der Waals surface area contributed by atoms with E-state index < -0.39 is 0 Å². The summed E-state index contributed by atoms with van der Waals surface area (Å²) in [5, 5.41) is 3.60. The van der Waals surface area contributed by atoms with Gasteiger partial charge in [0.05, 0.1) is 0 Å². The third-order valence-electron chi connectivity index (χ3n) is 4.91. The Kier molecular flexibility index (Phi) is 6.43. The molecule has 0 atom stereocenters. The Bertz CT molecular complexity index is 1110. The molecule has 2 heterocycles. The van der Waals surface area contributed by atoms with Crippen LogP contribution in [0.3, 0.4) is 0 Å². The van der Waals surface area contributed by atoms with Gasteiger partial charge in [-0.05, 0) is 78.7 Å². The third-order valence-corrected chi connectivity index (χ3v) is 5.80. The van der Waals surface area contributed by atoms with Crippen molar-refractivity contribution < 1.29 is 9.59 Å². The highest BCUT2D eigenvalue weighted by Crippen LogP contribution is 2.28. The second-order valence-corrected chi connectivity index (χ2v) is 8.21. The molecular weight excluding hydrogens is 408 g/mol. The first-order chi connectivity index (χ1) is 15.1. The van der Waals surface area contributed by atoms with Crippen LogP contribution in [0, 0.1) is 6.92 Å². The van der Waals surface area contributed by atoms with Gasteiger partial charge in [-0.2, -0.15) is 0 Å². The summed E-state index contributed by atoms with van der Waals surface area (Å²) in [6, 6.07) is 15.2. The van der Waals surface area contributed by atoms with Gasteiger partial charge in [0.15, 0.2) is 5.16 Å². The van der Waals surface area contributed by atoms with E-state index in [-0.39, 0.29) is 11.8 Å². The topological polar surface area (TPSA) is 75.2 Å². The lowest BCUT2D eigenvalue weighted by molar-refractivity contribution is -0.117. The van der Waals surface area contributed by atoms with Crippen LogP contribution in [0.25, 0.3) is 6.08 Å². The van der Waals surface area contributed by atoms with Crippen LogP contribution >= 0.6 is 11.8 Å². The fourth-order valence-electron chi connectivity index (χ4n) is 3.32. The Hall–Kier alpha value is -3.45. The molecule has 0 spiro atoms. The van der Waals surface area contributed by atoms with E-state index in [2.05, 4.69) is 15.3 Å². The molecule has 0 radical (unpaired) electrons. The van der Waals surface area contributed by atoms with Crippen molar-refractivity contribution in [1.29, 1.82) is 0 Å². The smallest absolute Gasteiger partial charge is 0.248 e. The van der Waals surface area contributed by atoms with Gasteiger partial charge in [-0.1, -0.05) is 12.1 Å². The van der Waals surface area contributed by atoms with Crippen LogP contribution in [-0.2, 0) is 9.59 Å². The van der Waals surface area contributed by atoms with Crippen molar-refractivity contribution in [2.24, 2.45) is 0 Å². The van der Waals surface area contributed by atoms with Crippen LogP contribution in [0.5, 0.6) is 0 Å². The molecule has 31 heavy (non-hydrogen) atoms. The van der Waals surface area contributed by atoms with Gasteiger partial charge in [-0.3, -0.25) is 9.59 Å². The molecule has 0 aliphatic carbocycles. The zero-order valence-corrected chi connectivity index (χ0v) is 17.9. The van der Waals surface area contributed by atoms with E-state index in [4.69, 9.17) is 0 Å². The summed E-state index contributed by atoms with van der Waals surface area (Å²) in [4.78, 5) is 35.4. The Labute approximate surface area is 185 Å². The summed E-state index contributed by atoms with van der Waals surface area (Å²) in [5.74, 6) is -0.0348. The number of nitrogens with zero attached hydrogens (tertiary/aromatic N) is 3. The third kappa shape index (κ3) is 5.38. The number of nitrogens with one attached hydrogen (secondary N) is 1. The SMILES string of the molecule is Cc1cc(Sc2ncccn2)ccc1NC(=O)/C=C/c1ccc(N2CCCC2=O)cc1. The molecule has 0 bridgehead atoms. The van der Waals surface area contributed by atoms with Gasteiger partial charge < -0.3 is 10.2 Å². The lowest BCUT2D eigenvalue weighted by atomic mass is 10.1. The van der Waals surface area contributed by atoms with Gasteiger partial charge in [-0.15, -0.1) is 0 Å². The van der Waals surface area contributed by atoms with E-state index in [1.165, 1.54) is 17.8 Å². The summed E-state index contributed by atoms with van der Waals surface area (Å²) in [7, 11) is 0. The molecule has 1 saturated heterocycles. The highest BCUT2D eigenvalue weighted by Gasteiger charge is 2.21. The molecule has 1 aliphatic rings. The molecule has 3 aromatic rings. The van der Waals surface area contributed by atoms with Crippen molar-refractivity contribution in [2.75, 3.05) is 16.8 Å². The molecular formula is C24H22N4O2S. The molecule has 1 N–H and O–H groups in total. The normalized spacial score (nSPS) is 13.7. The molecule has 156 valence electrons. The second-order valence-electron chi connectivity index (χ2n) is 7.17. The first-order valence-corrected chi connectivity index (χ1v) is 10.9. The summed E-state index contributed by atoms with van der Waals surface area (Å²) in [6.07, 6.45) is 8.21. The first-order valence-electron chi connectivity index (χ1n) is 10.0. The Morgan fingerprint density at radius 2 is 1.90 bits per heavy atom. The summed E-state index contributed by atoms with van der Waals surface area (Å²) in [5.41, 5.74) is 3.52. The van der Waals surface area contributed by atoms with Gasteiger partial charge in [0.2, 0.25) is 11.8 Å². The van der Waals surface area contributed by atoms with Crippen molar-refractivity contribution in [1.82, 2.24) is 9.97 Å². The van der Waals surface area contributed by atoms with Crippen molar-refractivity contribution in [3.63, 3.8) is 0 Å². The maximum Gasteiger partial charge on any atom is 0.248 e. The number of aromatic nitrogens is 2. The molecule has 4 rings (SSSR count). The molecule has 2 amide bonds. The number of anilines is 2. The minimum absolute atomic E-state index is 0.166. The molecule has 6 nitrogen and oxygen atoms in total. The molecule has 2 aromatic carbocycles. The van der Waals surface area contributed by atoms with E-state index in [1.807, 2.05) is 49.4 Å². The number of carbonyl (C=O) groups is 2. The lowest BCUT2D eigenvalue weighted by Crippen LogP contribution is -2.23. The number of hydrogen-bond donors (Lipinski definition) is 1. The van der Waals surface area contributed by atoms with Crippen LogP contribution in [0.1, 0.15) is 24.0 Å². The van der Waals surface area contributed by atoms with E-state index in [9.17, 15) is 9.59 Å². The Balaban J connectivity index is 1.36. The van der Waals surface area contributed by atoms with Crippen molar-refractivity contribution in [3.05, 3.63) is 78.1 Å². The standard InChI is InChI=1S/C24H22N4O2S/c1-17-16-20(31-24-25-13-3-14-26-24)10-11-21(17)27-22(29)12-7-18-5-8-19(9-6-18)28-15-2-4-23(28)30/h3,5-14,16H,2,4,15H2,1H3,(H,27,29)/b12-7+. The number of benzene rings is 2. The molecule has 0 saturated carbocycles. The fourth-order valence-corrected chi connectivity index (χ4v) is 4.13. The van der Waals surface area contributed by atoms with Crippen LogP contribution < -0.4 is 10.2 Å². The minimum atomic E-state index is -0.200. The summed E-state index contributed by atoms with van der Waals surface area (Å²) in [6.45, 7) is 2.72. The number of aryl methyl sites for hydroxylation is 1. The van der Waals surface area contributed by atoms with Crippen molar-refractivity contribution in [2.45, 2.75) is 29.8 Å².